The first-order chi connectivity index (χ1) is 7.08. The van der Waals surface area contributed by atoms with Gasteiger partial charge in [-0.05, 0) is 23.7 Å². The minimum absolute atomic E-state index is 0.682. The second kappa shape index (κ2) is 6.60. The lowest BCUT2D eigenvalue weighted by atomic mass is 9.95. The maximum atomic E-state index is 2.46. The molecule has 0 aromatic heterocycles. The van der Waals surface area contributed by atoms with Gasteiger partial charge in [-0.2, -0.15) is 0 Å². The van der Waals surface area contributed by atoms with E-state index in [1.807, 2.05) is 23.5 Å². The Kier molecular flexibility index (Phi) is 6.15. The van der Waals surface area contributed by atoms with Gasteiger partial charge in [-0.25, -0.2) is 0 Å². The number of hydrogen-bond acceptors (Lipinski definition) is 2. The Balaban J connectivity index is 2.71. The Morgan fingerprint density at radius 3 is 2.80 bits per heavy atom. The zero-order valence-corrected chi connectivity index (χ0v) is 13.6. The van der Waals surface area contributed by atoms with Crippen molar-refractivity contribution in [2.24, 2.45) is 11.8 Å². The van der Waals surface area contributed by atoms with E-state index in [4.69, 9.17) is 0 Å². The first-order valence-corrected chi connectivity index (χ1v) is 8.59. The summed E-state index contributed by atoms with van der Waals surface area (Å²) in [5.74, 6) is 1.38. The molecule has 0 saturated heterocycles. The molecule has 0 fully saturated rings. The van der Waals surface area contributed by atoms with Crippen LogP contribution in [0.1, 0.15) is 27.7 Å². The smallest absolute Gasteiger partial charge is 0.0412 e. The van der Waals surface area contributed by atoms with Crippen LogP contribution in [0, 0.1) is 11.8 Å². The first-order valence-electron chi connectivity index (χ1n) is 5.37. The summed E-state index contributed by atoms with van der Waals surface area (Å²) in [6.45, 7) is 9.10. The van der Waals surface area contributed by atoms with Gasteiger partial charge in [0, 0.05) is 13.9 Å². The lowest BCUT2D eigenvalue weighted by Gasteiger charge is -2.27. The Labute approximate surface area is 116 Å². The largest absolute Gasteiger partial charge is 0.115 e. The van der Waals surface area contributed by atoms with Crippen molar-refractivity contribution < 1.29 is 0 Å². The van der Waals surface area contributed by atoms with Crippen molar-refractivity contribution in [3.63, 3.8) is 0 Å². The predicted molar refractivity (Wildman–Crippen MR) is 83.7 cm³/mol. The van der Waals surface area contributed by atoms with E-state index in [9.17, 15) is 0 Å². The lowest BCUT2D eigenvalue weighted by Crippen LogP contribution is -2.11. The molecule has 1 aliphatic rings. The van der Waals surface area contributed by atoms with Gasteiger partial charge in [0.25, 0.3) is 0 Å². The molecule has 1 rings (SSSR count). The third-order valence-electron chi connectivity index (χ3n) is 2.67. The van der Waals surface area contributed by atoms with Crippen molar-refractivity contribution in [3.05, 3.63) is 21.3 Å². The number of thioether (sulfide) groups is 2. The molecule has 0 aliphatic carbocycles. The van der Waals surface area contributed by atoms with E-state index in [1.54, 1.807) is 0 Å². The van der Waals surface area contributed by atoms with E-state index in [0.29, 0.717) is 11.8 Å². The van der Waals surface area contributed by atoms with Crippen LogP contribution in [0.25, 0.3) is 0 Å². The van der Waals surface area contributed by atoms with Gasteiger partial charge < -0.3 is 0 Å². The highest BCUT2D eigenvalue weighted by atomic mass is 127. The number of alkyl halides is 1. The molecule has 3 atom stereocenters. The summed E-state index contributed by atoms with van der Waals surface area (Å²) >= 11 is 6.45. The van der Waals surface area contributed by atoms with Gasteiger partial charge in [0.1, 0.15) is 0 Å². The monoisotopic (exact) mass is 354 g/mol. The van der Waals surface area contributed by atoms with Crippen LogP contribution in [0.5, 0.6) is 0 Å². The molecule has 0 radical (unpaired) electrons. The van der Waals surface area contributed by atoms with Crippen molar-refractivity contribution in [1.29, 1.82) is 0 Å². The van der Waals surface area contributed by atoms with Crippen LogP contribution in [0.3, 0.4) is 0 Å². The molecule has 0 saturated carbocycles. The Bertz CT molecular complexity index is 271. The Morgan fingerprint density at radius 1 is 1.60 bits per heavy atom. The van der Waals surface area contributed by atoms with Crippen molar-refractivity contribution in [1.82, 2.24) is 0 Å². The Hall–Kier alpha value is 0.910. The minimum Gasteiger partial charge on any atom is -0.115 e. The summed E-state index contributed by atoms with van der Waals surface area (Å²) in [6.07, 6.45) is 4.71. The van der Waals surface area contributed by atoms with E-state index in [-0.39, 0.29) is 0 Å². The summed E-state index contributed by atoms with van der Waals surface area (Å²) in [6, 6.07) is 0. The van der Waals surface area contributed by atoms with Gasteiger partial charge in [0.2, 0.25) is 0 Å². The minimum atomic E-state index is 0.682. The van der Waals surface area contributed by atoms with Gasteiger partial charge in [-0.1, -0.05) is 67.3 Å². The van der Waals surface area contributed by atoms with Gasteiger partial charge >= 0.3 is 0 Å². The molecule has 3 heteroatoms. The third kappa shape index (κ3) is 4.00. The second-order valence-corrected chi connectivity index (χ2v) is 7.74. The fourth-order valence-corrected chi connectivity index (χ4v) is 4.78. The summed E-state index contributed by atoms with van der Waals surface area (Å²) in [7, 11) is 0. The molecule has 0 aromatic carbocycles. The number of allylic oxidation sites excluding steroid dienone is 3. The van der Waals surface area contributed by atoms with Crippen LogP contribution in [0.2, 0.25) is 0 Å². The summed E-state index contributed by atoms with van der Waals surface area (Å²) in [4.78, 5) is 1.54. The molecule has 15 heavy (non-hydrogen) atoms. The van der Waals surface area contributed by atoms with Crippen molar-refractivity contribution in [3.8, 4) is 0 Å². The molecule has 0 spiro atoms. The van der Waals surface area contributed by atoms with Crippen LogP contribution in [-0.4, -0.2) is 9.68 Å². The number of hydrogen-bond donors (Lipinski definition) is 0. The zero-order valence-electron chi connectivity index (χ0n) is 9.79. The van der Waals surface area contributed by atoms with Crippen LogP contribution < -0.4 is 0 Å². The molecule has 0 unspecified atom stereocenters. The molecule has 0 nitrogen and oxygen atoms in total. The summed E-state index contributed by atoms with van der Waals surface area (Å²) < 4.78 is 2.72. The number of halogens is 1. The third-order valence-corrected chi connectivity index (χ3v) is 7.25. The SMILES string of the molecule is C/C=C1/SC(S[C@H](C)CI)=C[C@H](C)[C@@H]1C. The van der Waals surface area contributed by atoms with Crippen LogP contribution >= 0.6 is 46.1 Å². The summed E-state index contributed by atoms with van der Waals surface area (Å²) in [5.41, 5.74) is 0. The quantitative estimate of drug-likeness (QED) is 0.498. The van der Waals surface area contributed by atoms with Crippen molar-refractivity contribution >= 4 is 46.1 Å². The molecule has 0 amide bonds. The highest BCUT2D eigenvalue weighted by Crippen LogP contribution is 2.46. The topological polar surface area (TPSA) is 0 Å². The fourth-order valence-electron chi connectivity index (χ4n) is 1.48. The van der Waals surface area contributed by atoms with E-state index >= 15 is 0 Å². The van der Waals surface area contributed by atoms with Gasteiger partial charge in [-0.3, -0.25) is 0 Å². The molecular formula is C12H19IS2. The Morgan fingerprint density at radius 2 is 2.27 bits per heavy atom. The van der Waals surface area contributed by atoms with E-state index in [1.165, 1.54) is 13.6 Å². The maximum absolute atomic E-state index is 2.46. The van der Waals surface area contributed by atoms with Crippen LogP contribution in [0.4, 0.5) is 0 Å². The average molecular weight is 354 g/mol. The fraction of sp³-hybridized carbons (Fsp3) is 0.667. The molecule has 1 aliphatic heterocycles. The number of rotatable bonds is 3. The van der Waals surface area contributed by atoms with Crippen LogP contribution in [0.15, 0.2) is 21.3 Å². The normalized spacial score (nSPS) is 31.5. The van der Waals surface area contributed by atoms with E-state index < -0.39 is 0 Å². The van der Waals surface area contributed by atoms with Gasteiger partial charge in [0.15, 0.2) is 0 Å². The molecule has 0 aromatic rings. The van der Waals surface area contributed by atoms with E-state index in [0.717, 1.165) is 5.25 Å². The molecule has 0 bridgehead atoms. The van der Waals surface area contributed by atoms with E-state index in [2.05, 4.69) is 62.4 Å². The molecule has 0 N–H and O–H groups in total. The van der Waals surface area contributed by atoms with Gasteiger partial charge in [-0.15, -0.1) is 11.8 Å². The molecule has 1 heterocycles. The first kappa shape index (κ1) is 14.0. The zero-order chi connectivity index (χ0) is 11.4. The lowest BCUT2D eigenvalue weighted by molar-refractivity contribution is 0.547. The average Bonchev–Trinajstić information content (AvgIpc) is 2.22. The molecule has 86 valence electrons. The predicted octanol–water partition coefficient (Wildman–Crippen LogP) is 5.31. The second-order valence-electron chi connectivity index (χ2n) is 4.01. The standard InChI is InChI=1S/C12H19IS2/c1-5-11-10(4)8(2)6-12(15-11)14-9(3)7-13/h5-6,8-10H,7H2,1-4H3/b11-5+/t8-,9+,10-/m0/s1. The van der Waals surface area contributed by atoms with Crippen molar-refractivity contribution in [2.45, 2.75) is 32.9 Å². The van der Waals surface area contributed by atoms with Crippen molar-refractivity contribution in [2.75, 3.05) is 4.43 Å². The highest BCUT2D eigenvalue weighted by molar-refractivity contribution is 14.1. The maximum Gasteiger partial charge on any atom is 0.0412 e. The van der Waals surface area contributed by atoms with Crippen LogP contribution in [-0.2, 0) is 0 Å². The molecular weight excluding hydrogens is 335 g/mol. The highest BCUT2D eigenvalue weighted by Gasteiger charge is 2.23. The summed E-state index contributed by atoms with van der Waals surface area (Å²) in [5, 5.41) is 0.725. The van der Waals surface area contributed by atoms with Gasteiger partial charge in [0.05, 0.1) is 0 Å².